The molecule has 0 radical (unpaired) electrons. The summed E-state index contributed by atoms with van der Waals surface area (Å²) in [6.07, 6.45) is -2.74. The maximum atomic E-state index is 13.9. The van der Waals surface area contributed by atoms with E-state index in [1.165, 1.54) is 12.1 Å². The fraction of sp³-hybridized carbons (Fsp3) is 0.241. The molecule has 2 atom stereocenters. The molecule has 2 unspecified atom stereocenters. The van der Waals surface area contributed by atoms with Gasteiger partial charge < -0.3 is 14.8 Å². The predicted molar refractivity (Wildman–Crippen MR) is 144 cm³/mol. The van der Waals surface area contributed by atoms with Crippen LogP contribution in [0.5, 0.6) is 0 Å². The Morgan fingerprint density at radius 3 is 2.22 bits per heavy atom. The van der Waals surface area contributed by atoms with Crippen molar-refractivity contribution in [2.24, 2.45) is 0 Å². The second-order valence-corrected chi connectivity index (χ2v) is 9.91. The van der Waals surface area contributed by atoms with Gasteiger partial charge in [0.2, 0.25) is 0 Å². The summed E-state index contributed by atoms with van der Waals surface area (Å²) >= 11 is 5.84. The molecule has 8 heteroatoms. The Morgan fingerprint density at radius 1 is 0.892 bits per heavy atom. The van der Waals surface area contributed by atoms with Crippen molar-refractivity contribution in [1.82, 2.24) is 14.9 Å². The minimum absolute atomic E-state index is 0.108. The number of halogens is 3. The van der Waals surface area contributed by atoms with E-state index in [0.29, 0.717) is 10.8 Å². The minimum Gasteiger partial charge on any atom is -0.351 e. The van der Waals surface area contributed by atoms with E-state index in [1.807, 2.05) is 52.0 Å². The first-order valence-electron chi connectivity index (χ1n) is 12.0. The molecule has 37 heavy (non-hydrogen) atoms. The number of pyridine rings is 1. The van der Waals surface area contributed by atoms with Crippen LogP contribution >= 0.6 is 12.2 Å². The normalized spacial score (nSPS) is 17.8. The Kier molecular flexibility index (Phi) is 6.31. The molecule has 1 saturated heterocycles. The summed E-state index contributed by atoms with van der Waals surface area (Å²) < 4.78 is 43.5. The fourth-order valence-electron chi connectivity index (χ4n) is 5.40. The molecule has 1 N–H and O–H groups in total. The first kappa shape index (κ1) is 25.0. The van der Waals surface area contributed by atoms with Crippen molar-refractivity contribution in [3.63, 3.8) is 0 Å². The SMILES string of the molecule is Cc1cc(C)cc(N2C(=S)NC(c3ccccn3)C2c2cc(C)n(-c3ccccc3C(F)(F)F)c2C)c1. The van der Waals surface area contributed by atoms with Gasteiger partial charge in [-0.05, 0) is 99.1 Å². The van der Waals surface area contributed by atoms with Crippen molar-refractivity contribution in [1.29, 1.82) is 0 Å². The van der Waals surface area contributed by atoms with Crippen LogP contribution in [0.2, 0.25) is 0 Å². The molecule has 1 aliphatic heterocycles. The number of aromatic nitrogens is 2. The van der Waals surface area contributed by atoms with Gasteiger partial charge in [-0.3, -0.25) is 4.98 Å². The fourth-order valence-corrected chi connectivity index (χ4v) is 5.75. The highest BCUT2D eigenvalue weighted by atomic mass is 32.1. The molecule has 4 aromatic rings. The van der Waals surface area contributed by atoms with Gasteiger partial charge in [0.25, 0.3) is 0 Å². The van der Waals surface area contributed by atoms with Crippen molar-refractivity contribution < 1.29 is 13.2 Å². The third-order valence-electron chi connectivity index (χ3n) is 6.82. The molecule has 0 aliphatic carbocycles. The third-order valence-corrected chi connectivity index (χ3v) is 7.14. The Balaban J connectivity index is 1.72. The molecule has 2 aromatic heterocycles. The van der Waals surface area contributed by atoms with Crippen molar-refractivity contribution in [3.8, 4) is 5.69 Å². The Morgan fingerprint density at radius 2 is 1.57 bits per heavy atom. The third kappa shape index (κ3) is 4.50. The van der Waals surface area contributed by atoms with E-state index in [4.69, 9.17) is 12.2 Å². The summed E-state index contributed by atoms with van der Waals surface area (Å²) in [7, 11) is 0. The van der Waals surface area contributed by atoms with Gasteiger partial charge in [0.05, 0.1) is 29.0 Å². The quantitative estimate of drug-likeness (QED) is 0.286. The van der Waals surface area contributed by atoms with Crippen molar-refractivity contribution in [2.45, 2.75) is 46.0 Å². The topological polar surface area (TPSA) is 33.1 Å². The van der Waals surface area contributed by atoms with Crippen LogP contribution in [-0.2, 0) is 6.18 Å². The first-order chi connectivity index (χ1) is 17.6. The molecule has 1 aliphatic rings. The number of nitrogens with one attached hydrogen (secondary N) is 1. The van der Waals surface area contributed by atoms with Gasteiger partial charge >= 0.3 is 6.18 Å². The van der Waals surface area contributed by atoms with Crippen LogP contribution in [-0.4, -0.2) is 14.7 Å². The zero-order valence-corrected chi connectivity index (χ0v) is 21.8. The number of alkyl halides is 3. The van der Waals surface area contributed by atoms with Gasteiger partial charge in [-0.1, -0.05) is 24.3 Å². The number of rotatable bonds is 4. The van der Waals surface area contributed by atoms with Crippen molar-refractivity contribution in [3.05, 3.63) is 112 Å². The van der Waals surface area contributed by atoms with E-state index in [-0.39, 0.29) is 17.8 Å². The molecule has 0 bridgehead atoms. The molecule has 190 valence electrons. The molecule has 1 fully saturated rings. The van der Waals surface area contributed by atoms with E-state index in [0.717, 1.165) is 39.8 Å². The van der Waals surface area contributed by atoms with E-state index >= 15 is 0 Å². The number of nitrogens with zero attached hydrogens (tertiary/aromatic N) is 3. The molecule has 4 nitrogen and oxygen atoms in total. The van der Waals surface area contributed by atoms with Crippen LogP contribution in [0.15, 0.2) is 72.9 Å². The minimum atomic E-state index is -4.47. The van der Waals surface area contributed by atoms with Crippen LogP contribution in [0.4, 0.5) is 18.9 Å². The zero-order chi connectivity index (χ0) is 26.5. The average molecular weight is 521 g/mol. The first-order valence-corrected chi connectivity index (χ1v) is 12.4. The lowest BCUT2D eigenvalue weighted by atomic mass is 9.96. The maximum Gasteiger partial charge on any atom is 0.418 e. The van der Waals surface area contributed by atoms with Crippen LogP contribution in [0.1, 0.15) is 51.4 Å². The number of aryl methyl sites for hydroxylation is 3. The standard InChI is InChI=1S/C29H27F3N4S/c1-17-13-18(2)15-21(14-17)36-27(26(34-28(36)37)24-10-7-8-12-33-24)22-16-19(3)35(20(22)4)25-11-6-5-9-23(25)29(30,31)32/h5-16,26-27H,1-4H3,(H,34,37). The predicted octanol–water partition coefficient (Wildman–Crippen LogP) is 7.30. The smallest absolute Gasteiger partial charge is 0.351 e. The number of anilines is 1. The molecule has 5 rings (SSSR count). The average Bonchev–Trinajstić information content (AvgIpc) is 3.33. The summed E-state index contributed by atoms with van der Waals surface area (Å²) in [5.41, 5.74) is 5.69. The molecular formula is C29H27F3N4S. The zero-order valence-electron chi connectivity index (χ0n) is 21.0. The lowest BCUT2D eigenvalue weighted by Gasteiger charge is -2.29. The number of para-hydroxylation sites is 1. The highest BCUT2D eigenvalue weighted by molar-refractivity contribution is 7.80. The van der Waals surface area contributed by atoms with E-state index in [9.17, 15) is 13.2 Å². The van der Waals surface area contributed by atoms with E-state index in [2.05, 4.69) is 33.4 Å². The number of thiocarbonyl (C=S) groups is 1. The van der Waals surface area contributed by atoms with Crippen LogP contribution in [0, 0.1) is 27.7 Å². The van der Waals surface area contributed by atoms with Gasteiger partial charge in [-0.25, -0.2) is 0 Å². The van der Waals surface area contributed by atoms with Gasteiger partial charge in [-0.15, -0.1) is 0 Å². The second kappa shape index (κ2) is 9.34. The van der Waals surface area contributed by atoms with Gasteiger partial charge in [0.1, 0.15) is 0 Å². The Bertz CT molecular complexity index is 1460. The van der Waals surface area contributed by atoms with Gasteiger partial charge in [0, 0.05) is 23.3 Å². The number of hydrogen-bond acceptors (Lipinski definition) is 2. The summed E-state index contributed by atoms with van der Waals surface area (Å²) in [6, 6.07) is 19.0. The van der Waals surface area contributed by atoms with Crippen LogP contribution in [0.3, 0.4) is 0 Å². The highest BCUT2D eigenvalue weighted by Gasteiger charge is 2.43. The summed E-state index contributed by atoms with van der Waals surface area (Å²) in [5.74, 6) is 0. The molecular weight excluding hydrogens is 493 g/mol. The van der Waals surface area contributed by atoms with Crippen LogP contribution < -0.4 is 10.2 Å². The summed E-state index contributed by atoms with van der Waals surface area (Å²) in [6.45, 7) is 7.77. The largest absolute Gasteiger partial charge is 0.418 e. The van der Waals surface area contributed by atoms with Crippen molar-refractivity contribution in [2.75, 3.05) is 4.90 Å². The molecule has 3 heterocycles. The monoisotopic (exact) mass is 520 g/mol. The molecule has 0 spiro atoms. The summed E-state index contributed by atoms with van der Waals surface area (Å²) in [5, 5.41) is 3.99. The lowest BCUT2D eigenvalue weighted by molar-refractivity contribution is -0.137. The Labute approximate surface area is 219 Å². The van der Waals surface area contributed by atoms with E-state index < -0.39 is 11.7 Å². The molecule has 0 amide bonds. The second-order valence-electron chi connectivity index (χ2n) is 9.52. The Hall–Kier alpha value is -3.65. The summed E-state index contributed by atoms with van der Waals surface area (Å²) in [4.78, 5) is 6.66. The molecule has 2 aromatic carbocycles. The van der Waals surface area contributed by atoms with Gasteiger partial charge in [-0.2, -0.15) is 13.2 Å². The van der Waals surface area contributed by atoms with Crippen LogP contribution in [0.25, 0.3) is 5.69 Å². The van der Waals surface area contributed by atoms with E-state index in [1.54, 1.807) is 16.8 Å². The molecule has 0 saturated carbocycles. The maximum absolute atomic E-state index is 13.9. The number of hydrogen-bond donors (Lipinski definition) is 1. The number of benzene rings is 2. The van der Waals surface area contributed by atoms with Crippen molar-refractivity contribution >= 4 is 23.0 Å². The van der Waals surface area contributed by atoms with Gasteiger partial charge in [0.15, 0.2) is 5.11 Å². The lowest BCUT2D eigenvalue weighted by Crippen LogP contribution is -2.29. The highest BCUT2D eigenvalue weighted by Crippen LogP contribution is 2.45.